The smallest absolute Gasteiger partial charge is 0.257 e. The van der Waals surface area contributed by atoms with Gasteiger partial charge in [-0.1, -0.05) is 25.6 Å². The minimum absolute atomic E-state index is 0.0915. The van der Waals surface area contributed by atoms with E-state index in [2.05, 4.69) is 33.9 Å². The van der Waals surface area contributed by atoms with Gasteiger partial charge in [0, 0.05) is 19.5 Å². The van der Waals surface area contributed by atoms with E-state index in [1.807, 2.05) is 6.26 Å². The summed E-state index contributed by atoms with van der Waals surface area (Å²) in [6.07, 6.45) is 3.51. The molecule has 0 radical (unpaired) electrons. The number of aryl methyl sites for hydroxylation is 1. The van der Waals surface area contributed by atoms with Gasteiger partial charge in [-0.3, -0.25) is 4.79 Å². The van der Waals surface area contributed by atoms with Gasteiger partial charge >= 0.3 is 0 Å². The van der Waals surface area contributed by atoms with E-state index in [0.717, 1.165) is 30.4 Å². The summed E-state index contributed by atoms with van der Waals surface area (Å²) in [6.45, 7) is 5.65. The van der Waals surface area contributed by atoms with Crippen molar-refractivity contribution in [1.82, 2.24) is 20.1 Å². The van der Waals surface area contributed by atoms with Crippen LogP contribution in [-0.2, 0) is 17.8 Å². The first-order valence-electron chi connectivity index (χ1n) is 8.60. The van der Waals surface area contributed by atoms with Gasteiger partial charge in [0.05, 0.1) is 0 Å². The molecule has 1 amide bonds. The highest BCUT2D eigenvalue weighted by Gasteiger charge is 2.12. The molecule has 1 aromatic carbocycles. The summed E-state index contributed by atoms with van der Waals surface area (Å²) in [7, 11) is 0. The SMILES string of the molecule is CSc1nnc(CCCNC(=O)COc2ccc(F)cc2)n1CC(C)C. The molecule has 6 nitrogen and oxygen atoms in total. The molecule has 0 bridgehead atoms. The van der Waals surface area contributed by atoms with Gasteiger partial charge in [0.15, 0.2) is 11.8 Å². The van der Waals surface area contributed by atoms with Crippen molar-refractivity contribution >= 4 is 17.7 Å². The molecule has 0 unspecified atom stereocenters. The van der Waals surface area contributed by atoms with Crippen LogP contribution in [-0.4, -0.2) is 40.1 Å². The Kier molecular flexibility index (Phi) is 7.90. The van der Waals surface area contributed by atoms with Crippen LogP contribution < -0.4 is 10.1 Å². The summed E-state index contributed by atoms with van der Waals surface area (Å²) >= 11 is 1.59. The zero-order valence-corrected chi connectivity index (χ0v) is 16.2. The number of halogens is 1. The summed E-state index contributed by atoms with van der Waals surface area (Å²) in [5.74, 6) is 1.38. The van der Waals surface area contributed by atoms with Gasteiger partial charge in [-0.15, -0.1) is 10.2 Å². The fraction of sp³-hybridized carbons (Fsp3) is 0.500. The Bertz CT molecular complexity index is 704. The monoisotopic (exact) mass is 380 g/mol. The highest BCUT2D eigenvalue weighted by molar-refractivity contribution is 7.98. The Labute approximate surface area is 157 Å². The molecule has 2 aromatic rings. The first-order chi connectivity index (χ1) is 12.5. The van der Waals surface area contributed by atoms with E-state index in [1.165, 1.54) is 24.3 Å². The molecule has 0 aliphatic rings. The molecule has 1 aromatic heterocycles. The number of hydrogen-bond donors (Lipinski definition) is 1. The number of hydrogen-bond acceptors (Lipinski definition) is 5. The first-order valence-corrected chi connectivity index (χ1v) is 9.83. The van der Waals surface area contributed by atoms with Gasteiger partial charge in [-0.05, 0) is 42.9 Å². The van der Waals surface area contributed by atoms with Crippen molar-refractivity contribution in [1.29, 1.82) is 0 Å². The van der Waals surface area contributed by atoms with E-state index < -0.39 is 0 Å². The molecular formula is C18H25FN4O2S. The maximum atomic E-state index is 12.8. The van der Waals surface area contributed by atoms with E-state index in [-0.39, 0.29) is 18.3 Å². The van der Waals surface area contributed by atoms with Crippen molar-refractivity contribution < 1.29 is 13.9 Å². The fourth-order valence-corrected chi connectivity index (χ4v) is 2.93. The van der Waals surface area contributed by atoms with Crippen LogP contribution in [0.25, 0.3) is 0 Å². The second kappa shape index (κ2) is 10.2. The Morgan fingerprint density at radius 3 is 2.69 bits per heavy atom. The predicted octanol–water partition coefficient (Wildman–Crippen LogP) is 2.92. The van der Waals surface area contributed by atoms with Crippen molar-refractivity contribution in [2.75, 3.05) is 19.4 Å². The zero-order valence-electron chi connectivity index (χ0n) is 15.4. The summed E-state index contributed by atoms with van der Waals surface area (Å²) in [6, 6.07) is 5.58. The number of ether oxygens (including phenoxy) is 1. The fourth-order valence-electron chi connectivity index (χ4n) is 2.41. The van der Waals surface area contributed by atoms with Crippen molar-refractivity contribution in [2.24, 2.45) is 5.92 Å². The van der Waals surface area contributed by atoms with Crippen LogP contribution in [0, 0.1) is 11.7 Å². The highest BCUT2D eigenvalue weighted by atomic mass is 32.2. The number of thioether (sulfide) groups is 1. The third kappa shape index (κ3) is 6.33. The molecule has 8 heteroatoms. The topological polar surface area (TPSA) is 69.0 Å². The van der Waals surface area contributed by atoms with Crippen LogP contribution in [0.5, 0.6) is 5.75 Å². The summed E-state index contributed by atoms with van der Waals surface area (Å²) in [5.41, 5.74) is 0. The lowest BCUT2D eigenvalue weighted by Gasteiger charge is -2.12. The van der Waals surface area contributed by atoms with E-state index in [0.29, 0.717) is 18.2 Å². The average Bonchev–Trinajstić information content (AvgIpc) is 2.99. The number of carbonyl (C=O) groups is 1. The van der Waals surface area contributed by atoms with Crippen LogP contribution in [0.4, 0.5) is 4.39 Å². The number of aromatic nitrogens is 3. The van der Waals surface area contributed by atoms with Crippen LogP contribution in [0.15, 0.2) is 29.4 Å². The van der Waals surface area contributed by atoms with E-state index >= 15 is 0 Å². The quantitative estimate of drug-likeness (QED) is 0.507. The van der Waals surface area contributed by atoms with E-state index in [9.17, 15) is 9.18 Å². The average molecular weight is 380 g/mol. The van der Waals surface area contributed by atoms with Gasteiger partial charge in [-0.2, -0.15) is 0 Å². The Morgan fingerprint density at radius 1 is 1.31 bits per heavy atom. The second-order valence-corrected chi connectivity index (χ2v) is 7.08. The number of nitrogens with zero attached hydrogens (tertiary/aromatic N) is 3. The maximum absolute atomic E-state index is 12.8. The van der Waals surface area contributed by atoms with Crippen LogP contribution in [0.2, 0.25) is 0 Å². The Morgan fingerprint density at radius 2 is 2.04 bits per heavy atom. The van der Waals surface area contributed by atoms with Crippen LogP contribution in [0.3, 0.4) is 0 Å². The molecule has 0 saturated carbocycles. The number of benzene rings is 1. The van der Waals surface area contributed by atoms with Gasteiger partial charge < -0.3 is 14.6 Å². The number of carbonyl (C=O) groups excluding carboxylic acids is 1. The van der Waals surface area contributed by atoms with Crippen LogP contribution in [0.1, 0.15) is 26.1 Å². The Hall–Kier alpha value is -2.09. The van der Waals surface area contributed by atoms with Crippen molar-refractivity contribution in [3.63, 3.8) is 0 Å². The van der Waals surface area contributed by atoms with E-state index in [1.54, 1.807) is 11.8 Å². The third-order valence-corrected chi connectivity index (χ3v) is 4.27. The zero-order chi connectivity index (χ0) is 18.9. The molecule has 2 rings (SSSR count). The van der Waals surface area contributed by atoms with Gasteiger partial charge in [0.25, 0.3) is 5.91 Å². The molecule has 0 aliphatic carbocycles. The Balaban J connectivity index is 1.72. The van der Waals surface area contributed by atoms with Crippen molar-refractivity contribution in [3.05, 3.63) is 35.9 Å². The lowest BCUT2D eigenvalue weighted by molar-refractivity contribution is -0.123. The normalized spacial score (nSPS) is 11.0. The van der Waals surface area contributed by atoms with Gasteiger partial charge in [-0.25, -0.2) is 4.39 Å². The molecule has 142 valence electrons. The second-order valence-electron chi connectivity index (χ2n) is 6.30. The third-order valence-electron chi connectivity index (χ3n) is 3.61. The molecule has 1 N–H and O–H groups in total. The number of rotatable bonds is 10. The minimum atomic E-state index is -0.336. The summed E-state index contributed by atoms with van der Waals surface area (Å²) < 4.78 is 20.3. The minimum Gasteiger partial charge on any atom is -0.484 e. The summed E-state index contributed by atoms with van der Waals surface area (Å²) in [4.78, 5) is 11.8. The molecule has 26 heavy (non-hydrogen) atoms. The maximum Gasteiger partial charge on any atom is 0.257 e. The number of nitrogens with one attached hydrogen (secondary N) is 1. The highest BCUT2D eigenvalue weighted by Crippen LogP contribution is 2.16. The van der Waals surface area contributed by atoms with Gasteiger partial charge in [0.2, 0.25) is 0 Å². The number of amides is 1. The molecule has 0 saturated heterocycles. The van der Waals surface area contributed by atoms with Gasteiger partial charge in [0.1, 0.15) is 17.4 Å². The predicted molar refractivity (Wildman–Crippen MR) is 99.9 cm³/mol. The van der Waals surface area contributed by atoms with Crippen molar-refractivity contribution in [2.45, 2.75) is 38.4 Å². The molecule has 1 heterocycles. The molecule has 0 fully saturated rings. The molecule has 0 spiro atoms. The molecule has 0 atom stereocenters. The largest absolute Gasteiger partial charge is 0.484 e. The molecular weight excluding hydrogens is 355 g/mol. The lowest BCUT2D eigenvalue weighted by Crippen LogP contribution is -2.30. The molecule has 0 aliphatic heterocycles. The lowest BCUT2D eigenvalue weighted by atomic mass is 10.2. The summed E-state index contributed by atoms with van der Waals surface area (Å²) in [5, 5.41) is 12.2. The van der Waals surface area contributed by atoms with E-state index in [4.69, 9.17) is 4.74 Å². The standard InChI is InChI=1S/C18H25FN4O2S/c1-13(2)11-23-16(21-22-18(23)26-3)5-4-10-20-17(24)12-25-15-8-6-14(19)7-9-15/h6-9,13H,4-5,10-12H2,1-3H3,(H,20,24). The first kappa shape index (κ1) is 20.2. The van der Waals surface area contributed by atoms with Crippen LogP contribution >= 0.6 is 11.8 Å². The van der Waals surface area contributed by atoms with Crippen molar-refractivity contribution in [3.8, 4) is 5.75 Å².